The molecule has 0 saturated heterocycles. The number of carbonyl (C=O) groups excluding carboxylic acids is 2. The van der Waals surface area contributed by atoms with Gasteiger partial charge < -0.3 is 41.7 Å². The Hall–Kier alpha value is -3.48. The summed E-state index contributed by atoms with van der Waals surface area (Å²) in [6.45, 7) is 5.33. The molecule has 0 atom stereocenters. The van der Waals surface area contributed by atoms with Crippen molar-refractivity contribution in [2.75, 3.05) is 53.4 Å². The van der Waals surface area contributed by atoms with Crippen LogP contribution in [-0.4, -0.2) is 116 Å². The summed E-state index contributed by atoms with van der Waals surface area (Å²) in [7, 11) is -6.34. The number of aliphatic carboxylic acids is 2. The van der Waals surface area contributed by atoms with Gasteiger partial charge in [-0.05, 0) is 62.6 Å². The summed E-state index contributed by atoms with van der Waals surface area (Å²) < 4.78 is 67.9. The van der Waals surface area contributed by atoms with Gasteiger partial charge in [-0.3, -0.25) is 39.5 Å². The molecule has 24 nitrogen and oxygen atoms in total. The van der Waals surface area contributed by atoms with E-state index in [9.17, 15) is 19.8 Å². The first-order chi connectivity index (χ1) is 26.3. The summed E-state index contributed by atoms with van der Waals surface area (Å²) in [5, 5.41) is 21.3. The summed E-state index contributed by atoms with van der Waals surface area (Å²) in [4.78, 5) is 46.6. The second-order valence-corrected chi connectivity index (χ2v) is 13.2. The number of hydrogen-bond donors (Lipinski definition) is 0. The molecule has 0 saturated carbocycles. The number of hydrogen-bond acceptors (Lipinski definition) is 20. The molecule has 0 bridgehead atoms. The maximum absolute atomic E-state index is 10.7. The molecule has 4 aromatic rings. The normalized spacial score (nSPS) is 10.2. The van der Waals surface area contributed by atoms with E-state index in [1.54, 1.807) is 48.7 Å². The third kappa shape index (κ3) is 44.6. The summed E-state index contributed by atoms with van der Waals surface area (Å²) >= 11 is 0. The molecule has 0 unspecified atom stereocenters. The minimum absolute atomic E-state index is 0. The van der Waals surface area contributed by atoms with Gasteiger partial charge in [0.05, 0.1) is 34.7 Å². The van der Waals surface area contributed by atoms with Crippen LogP contribution in [-0.2, 0) is 80.9 Å². The van der Waals surface area contributed by atoms with Gasteiger partial charge in [-0.1, -0.05) is 24.3 Å². The van der Waals surface area contributed by atoms with E-state index in [4.69, 9.17) is 37.3 Å². The number of halogens is 2. The third-order valence-electron chi connectivity index (χ3n) is 6.84. The van der Waals surface area contributed by atoms with Crippen LogP contribution in [0.25, 0.3) is 0 Å². The average molecular weight is 1000 g/mol. The monoisotopic (exact) mass is 1000 g/mol. The van der Waals surface area contributed by atoms with Crippen molar-refractivity contribution < 1.29 is 134 Å². The second kappa shape index (κ2) is 39.1. The molecular weight excluding hydrogens is 957 g/mol. The molecule has 2 radical (unpaired) electrons. The average Bonchev–Trinajstić information content (AvgIpc) is 3.10. The van der Waals surface area contributed by atoms with Gasteiger partial charge in [0.15, 0.2) is 0 Å². The van der Waals surface area contributed by atoms with E-state index in [2.05, 4.69) is 29.7 Å². The van der Waals surface area contributed by atoms with E-state index in [0.29, 0.717) is 39.3 Å². The quantitative estimate of drug-likeness (QED) is 0.0835. The molecule has 0 spiro atoms. The van der Waals surface area contributed by atoms with Crippen LogP contribution >= 0.6 is 0 Å². The van der Waals surface area contributed by atoms with Gasteiger partial charge in [-0.2, -0.15) is 0 Å². The van der Waals surface area contributed by atoms with Crippen molar-refractivity contribution in [1.82, 2.24) is 39.5 Å². The number of likely N-dealkylation sites (N-methyl/N-ethyl adjacent to an activating group) is 2. The number of carboxylic acids is 2. The van der Waals surface area contributed by atoms with Gasteiger partial charge in [0.25, 0.3) is 0 Å². The molecule has 4 N–H and O–H groups in total. The fourth-order valence-electron chi connectivity index (χ4n) is 4.53. The Kier molecular flexibility index (Phi) is 44.3. The van der Waals surface area contributed by atoms with Crippen molar-refractivity contribution in [2.24, 2.45) is 0 Å². The molecule has 0 aliphatic heterocycles. The number of nitrogens with zero attached hydrogens (tertiary/aromatic N) is 8. The van der Waals surface area contributed by atoms with Gasteiger partial charge in [-0.25, -0.2) is 37.3 Å². The van der Waals surface area contributed by atoms with Crippen molar-refractivity contribution in [2.45, 2.75) is 26.2 Å². The van der Waals surface area contributed by atoms with Crippen LogP contribution in [0.3, 0.4) is 0 Å². The van der Waals surface area contributed by atoms with Crippen molar-refractivity contribution in [3.05, 3.63) is 120 Å². The number of carboxylic acid groups (broad SMARTS) is 2. The van der Waals surface area contributed by atoms with Crippen LogP contribution in [0, 0.1) is 20.5 Å². The van der Waals surface area contributed by atoms with E-state index < -0.39 is 32.4 Å². The van der Waals surface area contributed by atoms with Crippen LogP contribution < -0.4 is 47.5 Å². The van der Waals surface area contributed by atoms with Crippen LogP contribution in [0.5, 0.6) is 0 Å². The van der Waals surface area contributed by atoms with Crippen molar-refractivity contribution in [1.29, 1.82) is 0 Å². The zero-order valence-corrected chi connectivity index (χ0v) is 37.0. The predicted octanol–water partition coefficient (Wildman–Crippen LogP) is -11.1. The summed E-state index contributed by atoms with van der Waals surface area (Å²) in [6.07, 6.45) is 7.10. The maximum atomic E-state index is 10.7. The molecule has 4 heterocycles. The van der Waals surface area contributed by atoms with E-state index in [1.165, 1.54) is 0 Å². The molecule has 0 aliphatic carbocycles. The largest absolute Gasteiger partial charge is 2.00 e. The van der Waals surface area contributed by atoms with E-state index >= 15 is 0 Å². The van der Waals surface area contributed by atoms with Crippen LogP contribution in [0.1, 0.15) is 22.8 Å². The third-order valence-corrected chi connectivity index (χ3v) is 6.84. The molecule has 4 aromatic heterocycles. The Labute approximate surface area is 383 Å². The fourth-order valence-corrected chi connectivity index (χ4v) is 4.53. The smallest absolute Gasteiger partial charge is 0.0554 e. The molecule has 0 aromatic carbocycles. The number of rotatable bonds is 18. The second-order valence-electron chi connectivity index (χ2n) is 11.7. The molecule has 4 rings (SSSR count). The van der Waals surface area contributed by atoms with Crippen LogP contribution in [0.2, 0.25) is 0 Å². The first-order valence-electron chi connectivity index (χ1n) is 16.3. The Balaban J connectivity index is -0.000000192. The van der Waals surface area contributed by atoms with Crippen molar-refractivity contribution in [3.8, 4) is 0 Å². The van der Waals surface area contributed by atoms with Gasteiger partial charge >= 0.3 is 0 Å². The maximum Gasteiger partial charge on any atom is 0.0554 e. The summed E-state index contributed by atoms with van der Waals surface area (Å²) in [6, 6.07) is 23.3. The topological polar surface area (TPSA) is 449 Å². The predicted molar refractivity (Wildman–Crippen MR) is 179 cm³/mol. The van der Waals surface area contributed by atoms with Crippen LogP contribution in [0.4, 0.5) is 0 Å². The van der Waals surface area contributed by atoms with Crippen molar-refractivity contribution in [3.63, 3.8) is 0 Å². The molecule has 62 heavy (non-hydrogen) atoms. The molecule has 28 heteroatoms. The van der Waals surface area contributed by atoms with Gasteiger partial charge in [0, 0.05) is 124 Å². The van der Waals surface area contributed by atoms with Gasteiger partial charge in [0.1, 0.15) is 0 Å². The first-order valence-corrected chi connectivity index (χ1v) is 18.8. The zero-order chi connectivity index (χ0) is 42.0. The SMILES string of the molecule is CN(CCN(Cc1ccccn1)Cc1ccccn1)CC(=O)[O-].CN(CCN(Cc1ccccn1)Cc1ccccn1)CC(=O)[O-].O.O.[Mn].[Mn].[O-2].[O-2].[O-][Cl+3]([O-])([O-])[O-].[O-][Cl+3]([O-])([O-])[O-]. The van der Waals surface area contributed by atoms with Crippen LogP contribution in [0.15, 0.2) is 97.6 Å². The minimum atomic E-state index is -4.94. The number of aromatic nitrogens is 4. The van der Waals surface area contributed by atoms with Gasteiger partial charge in [-0.15, -0.1) is 20.5 Å². The Bertz CT molecular complexity index is 1420. The number of carbonyl (C=O) groups is 2. The molecule has 0 aliphatic rings. The van der Waals surface area contributed by atoms with E-state index in [0.717, 1.165) is 35.9 Å². The molecule has 0 amide bonds. The Morgan fingerprint density at radius 2 is 0.677 bits per heavy atom. The zero-order valence-electron chi connectivity index (χ0n) is 33.1. The van der Waals surface area contributed by atoms with E-state index in [-0.39, 0.29) is 69.1 Å². The van der Waals surface area contributed by atoms with E-state index in [1.807, 2.05) is 72.8 Å². The van der Waals surface area contributed by atoms with Crippen molar-refractivity contribution >= 4 is 11.9 Å². The minimum Gasteiger partial charge on any atom is -2.00 e. The summed E-state index contributed by atoms with van der Waals surface area (Å²) in [5.74, 6) is -2.12. The molecule has 354 valence electrons. The molecule has 0 fully saturated rings. The Morgan fingerprint density at radius 1 is 0.468 bits per heavy atom. The fraction of sp³-hybridized carbons (Fsp3) is 0.353. The first kappa shape index (κ1) is 70.2. The molecular formula is C34H46Cl2Mn2N8O16-8. The Morgan fingerprint density at radius 3 is 0.839 bits per heavy atom. The van der Waals surface area contributed by atoms with Gasteiger partial charge in [0.2, 0.25) is 0 Å². The number of pyridine rings is 4. The summed E-state index contributed by atoms with van der Waals surface area (Å²) in [5.41, 5.74) is 3.91. The standard InChI is InChI=1S/2C17H22N4O2.2ClHO4.2Mn.2H2O.2O/c2*1-20(14-17(22)23)10-11-21(12-15-6-2-4-8-18-15)13-16-7-3-5-9-19-16;2*2-1(3,4)5;;;;;;/h2*2-9H,10-14H2,1H3,(H,22,23);2*(H,2,3,4,5);;;2*1H2;;/q;;;;;;;;2*-2/p-4.